The fourth-order valence-corrected chi connectivity index (χ4v) is 1.87. The van der Waals surface area contributed by atoms with Crippen molar-refractivity contribution < 1.29 is 9.47 Å². The van der Waals surface area contributed by atoms with E-state index in [1.165, 1.54) is 32.4 Å². The van der Waals surface area contributed by atoms with Crippen molar-refractivity contribution in [3.05, 3.63) is 0 Å². The summed E-state index contributed by atoms with van der Waals surface area (Å²) in [6.07, 6.45) is 4.13. The van der Waals surface area contributed by atoms with Gasteiger partial charge in [0.1, 0.15) is 0 Å². The minimum atomic E-state index is 0. The van der Waals surface area contributed by atoms with Crippen molar-refractivity contribution in [3.8, 4) is 0 Å². The van der Waals surface area contributed by atoms with Crippen LogP contribution in [0.4, 0.5) is 0 Å². The SMILES string of the molecule is C1CCN(CC2OCCO2)CC1.I. The van der Waals surface area contributed by atoms with Gasteiger partial charge in [-0.3, -0.25) is 4.90 Å². The lowest BCUT2D eigenvalue weighted by molar-refractivity contribution is -0.0641. The number of likely N-dealkylation sites (tertiary alicyclic amines) is 1. The summed E-state index contributed by atoms with van der Waals surface area (Å²) in [5, 5.41) is 0. The summed E-state index contributed by atoms with van der Waals surface area (Å²) in [7, 11) is 0. The molecule has 0 radical (unpaired) electrons. The van der Waals surface area contributed by atoms with Crippen LogP contribution in [0.1, 0.15) is 19.3 Å². The largest absolute Gasteiger partial charge is 0.349 e. The van der Waals surface area contributed by atoms with E-state index in [1.54, 1.807) is 0 Å². The summed E-state index contributed by atoms with van der Waals surface area (Å²) in [5.41, 5.74) is 0. The van der Waals surface area contributed by atoms with E-state index in [1.807, 2.05) is 0 Å². The Morgan fingerprint density at radius 2 is 1.62 bits per heavy atom. The average Bonchev–Trinajstić information content (AvgIpc) is 2.59. The Bertz CT molecular complexity index is 134. The first-order valence-corrected chi connectivity index (χ1v) is 4.91. The van der Waals surface area contributed by atoms with Crippen LogP contribution in [0, 0.1) is 0 Å². The van der Waals surface area contributed by atoms with Crippen LogP contribution in [0.25, 0.3) is 0 Å². The molecule has 3 nitrogen and oxygen atoms in total. The molecule has 0 bridgehead atoms. The summed E-state index contributed by atoms with van der Waals surface area (Å²) in [6.45, 7) is 4.98. The number of halogens is 1. The van der Waals surface area contributed by atoms with Crippen LogP contribution >= 0.6 is 24.0 Å². The molecular weight excluding hydrogens is 281 g/mol. The molecule has 0 saturated carbocycles. The molecule has 0 atom stereocenters. The number of piperidine rings is 1. The maximum absolute atomic E-state index is 5.39. The van der Waals surface area contributed by atoms with Crippen LogP contribution < -0.4 is 0 Å². The average molecular weight is 299 g/mol. The quantitative estimate of drug-likeness (QED) is 0.721. The normalized spacial score (nSPS) is 25.8. The third-order valence-corrected chi connectivity index (χ3v) is 2.55. The van der Waals surface area contributed by atoms with Crippen molar-refractivity contribution in [2.24, 2.45) is 0 Å². The van der Waals surface area contributed by atoms with E-state index < -0.39 is 0 Å². The lowest BCUT2D eigenvalue weighted by atomic mass is 10.1. The smallest absolute Gasteiger partial charge is 0.170 e. The molecule has 0 aromatic rings. The Hall–Kier alpha value is 0.610. The van der Waals surface area contributed by atoms with Gasteiger partial charge in [-0.2, -0.15) is 0 Å². The second kappa shape index (κ2) is 6.16. The van der Waals surface area contributed by atoms with Crippen LogP contribution in [0.5, 0.6) is 0 Å². The molecule has 0 unspecified atom stereocenters. The second-order valence-electron chi connectivity index (χ2n) is 3.53. The zero-order valence-corrected chi connectivity index (χ0v) is 10.2. The van der Waals surface area contributed by atoms with Gasteiger partial charge in [0.25, 0.3) is 0 Å². The minimum absolute atomic E-state index is 0. The Morgan fingerprint density at radius 1 is 1.00 bits per heavy atom. The molecule has 2 aliphatic heterocycles. The van der Waals surface area contributed by atoms with Gasteiger partial charge in [-0.05, 0) is 25.9 Å². The molecule has 2 aliphatic rings. The summed E-state index contributed by atoms with van der Waals surface area (Å²) in [4.78, 5) is 2.44. The van der Waals surface area contributed by atoms with Gasteiger partial charge in [-0.15, -0.1) is 24.0 Å². The van der Waals surface area contributed by atoms with E-state index in [4.69, 9.17) is 9.47 Å². The molecule has 2 rings (SSSR count). The van der Waals surface area contributed by atoms with E-state index in [0.717, 1.165) is 19.8 Å². The minimum Gasteiger partial charge on any atom is -0.349 e. The molecule has 0 amide bonds. The second-order valence-corrected chi connectivity index (χ2v) is 3.53. The first kappa shape index (κ1) is 11.7. The van der Waals surface area contributed by atoms with Crippen LogP contribution in [0.3, 0.4) is 0 Å². The van der Waals surface area contributed by atoms with Crippen molar-refractivity contribution in [3.63, 3.8) is 0 Å². The molecule has 0 spiro atoms. The van der Waals surface area contributed by atoms with Crippen molar-refractivity contribution in [1.82, 2.24) is 4.90 Å². The predicted octanol–water partition coefficient (Wildman–Crippen LogP) is 1.46. The van der Waals surface area contributed by atoms with Crippen molar-refractivity contribution in [2.75, 3.05) is 32.8 Å². The van der Waals surface area contributed by atoms with Crippen molar-refractivity contribution in [1.29, 1.82) is 0 Å². The first-order valence-electron chi connectivity index (χ1n) is 4.91. The third kappa shape index (κ3) is 3.69. The molecule has 13 heavy (non-hydrogen) atoms. The Balaban J connectivity index is 0.000000845. The zero-order valence-electron chi connectivity index (χ0n) is 7.91. The van der Waals surface area contributed by atoms with Gasteiger partial charge in [0, 0.05) is 6.54 Å². The highest BCUT2D eigenvalue weighted by molar-refractivity contribution is 14.0. The Labute approximate surface area is 96.8 Å². The first-order chi connectivity index (χ1) is 5.95. The Kier molecular flexibility index (Phi) is 5.54. The zero-order chi connectivity index (χ0) is 8.23. The molecular formula is C9H18INO2. The number of hydrogen-bond donors (Lipinski definition) is 0. The van der Waals surface area contributed by atoms with Crippen LogP contribution in [0.15, 0.2) is 0 Å². The van der Waals surface area contributed by atoms with E-state index in [-0.39, 0.29) is 30.3 Å². The monoisotopic (exact) mass is 299 g/mol. The van der Waals surface area contributed by atoms with E-state index in [9.17, 15) is 0 Å². The summed E-state index contributed by atoms with van der Waals surface area (Å²) >= 11 is 0. The topological polar surface area (TPSA) is 21.7 Å². The standard InChI is InChI=1S/C9H17NO2.HI/c1-2-4-10(5-3-1)8-9-11-6-7-12-9;/h9H,1-8H2;1H. The molecule has 0 aromatic carbocycles. The van der Waals surface area contributed by atoms with Crippen LogP contribution in [-0.4, -0.2) is 44.0 Å². The summed E-state index contributed by atoms with van der Waals surface area (Å²) < 4.78 is 10.8. The van der Waals surface area contributed by atoms with Crippen molar-refractivity contribution in [2.45, 2.75) is 25.6 Å². The number of nitrogens with zero attached hydrogens (tertiary/aromatic N) is 1. The van der Waals surface area contributed by atoms with Gasteiger partial charge < -0.3 is 9.47 Å². The lowest BCUT2D eigenvalue weighted by Gasteiger charge is -2.27. The maximum Gasteiger partial charge on any atom is 0.170 e. The molecule has 0 aromatic heterocycles. The lowest BCUT2D eigenvalue weighted by Crippen LogP contribution is -2.36. The summed E-state index contributed by atoms with van der Waals surface area (Å²) in [5.74, 6) is 0. The maximum atomic E-state index is 5.39. The fourth-order valence-electron chi connectivity index (χ4n) is 1.87. The van der Waals surface area contributed by atoms with Gasteiger partial charge in [-0.25, -0.2) is 0 Å². The Morgan fingerprint density at radius 3 is 2.23 bits per heavy atom. The van der Waals surface area contributed by atoms with Crippen molar-refractivity contribution >= 4 is 24.0 Å². The van der Waals surface area contributed by atoms with E-state index >= 15 is 0 Å². The van der Waals surface area contributed by atoms with Crippen LogP contribution in [0.2, 0.25) is 0 Å². The highest BCUT2D eigenvalue weighted by Crippen LogP contribution is 2.12. The van der Waals surface area contributed by atoms with Crippen LogP contribution in [-0.2, 0) is 9.47 Å². The highest BCUT2D eigenvalue weighted by atomic mass is 127. The number of rotatable bonds is 2. The molecule has 78 valence electrons. The van der Waals surface area contributed by atoms with E-state index in [0.29, 0.717) is 0 Å². The number of hydrogen-bond acceptors (Lipinski definition) is 3. The molecule has 2 fully saturated rings. The van der Waals surface area contributed by atoms with Gasteiger partial charge in [0.2, 0.25) is 0 Å². The molecule has 0 aliphatic carbocycles. The van der Waals surface area contributed by atoms with Gasteiger partial charge in [-0.1, -0.05) is 6.42 Å². The third-order valence-electron chi connectivity index (χ3n) is 2.55. The molecule has 2 saturated heterocycles. The number of ether oxygens (including phenoxy) is 2. The van der Waals surface area contributed by atoms with Gasteiger partial charge in [0.15, 0.2) is 6.29 Å². The molecule has 0 N–H and O–H groups in total. The van der Waals surface area contributed by atoms with Gasteiger partial charge in [0.05, 0.1) is 13.2 Å². The van der Waals surface area contributed by atoms with Gasteiger partial charge >= 0.3 is 0 Å². The summed E-state index contributed by atoms with van der Waals surface area (Å²) in [6, 6.07) is 0. The molecule has 4 heteroatoms. The predicted molar refractivity (Wildman–Crippen MR) is 61.4 cm³/mol. The molecule has 2 heterocycles. The van der Waals surface area contributed by atoms with E-state index in [2.05, 4.69) is 4.90 Å². The fraction of sp³-hybridized carbons (Fsp3) is 1.00. The highest BCUT2D eigenvalue weighted by Gasteiger charge is 2.20.